The molecular weight excluding hydrogens is 319 g/mol. The van der Waals surface area contributed by atoms with Gasteiger partial charge in [0.15, 0.2) is 0 Å². The molecule has 0 saturated carbocycles. The molecule has 0 radical (unpaired) electrons. The van der Waals surface area contributed by atoms with Gasteiger partial charge in [-0.15, -0.1) is 12.4 Å². The zero-order chi connectivity index (χ0) is 13.8. The quantitative estimate of drug-likeness (QED) is 0.885. The Kier molecular flexibility index (Phi) is 7.10. The van der Waals surface area contributed by atoms with Crippen LogP contribution >= 0.6 is 35.6 Å². The van der Waals surface area contributed by atoms with E-state index >= 15 is 0 Å². The number of nitrogens with one attached hydrogen (secondary N) is 2. The van der Waals surface area contributed by atoms with E-state index in [2.05, 4.69) is 10.6 Å². The number of hydrogen-bond donors (Lipinski definition) is 2. The third-order valence-corrected chi connectivity index (χ3v) is 4.17. The third-order valence-electron chi connectivity index (χ3n) is 3.51. The highest BCUT2D eigenvalue weighted by Gasteiger charge is 2.23. The molecule has 2 unspecified atom stereocenters. The van der Waals surface area contributed by atoms with Crippen LogP contribution in [0.15, 0.2) is 18.2 Å². The van der Waals surface area contributed by atoms with E-state index in [9.17, 15) is 4.79 Å². The summed E-state index contributed by atoms with van der Waals surface area (Å²) >= 11 is 12.3. The van der Waals surface area contributed by atoms with Gasteiger partial charge in [0.25, 0.3) is 0 Å². The van der Waals surface area contributed by atoms with Crippen molar-refractivity contribution in [1.82, 2.24) is 10.6 Å². The van der Waals surface area contributed by atoms with Crippen LogP contribution in [0.3, 0.4) is 0 Å². The molecule has 1 fully saturated rings. The minimum Gasteiger partial charge on any atom is -0.355 e. The van der Waals surface area contributed by atoms with Crippen molar-refractivity contribution in [3.8, 4) is 0 Å². The molecule has 1 amide bonds. The monoisotopic (exact) mass is 336 g/mol. The Bertz CT molecular complexity index is 441. The van der Waals surface area contributed by atoms with Gasteiger partial charge in [-0.3, -0.25) is 4.79 Å². The van der Waals surface area contributed by atoms with Gasteiger partial charge in [0.1, 0.15) is 0 Å². The maximum atomic E-state index is 11.9. The number of amides is 1. The summed E-state index contributed by atoms with van der Waals surface area (Å²) in [5, 5.41) is 7.47. The molecule has 112 valence electrons. The molecule has 0 spiro atoms. The summed E-state index contributed by atoms with van der Waals surface area (Å²) in [5.74, 6) is 0.299. The predicted octanol–water partition coefficient (Wildman–Crippen LogP) is 3.24. The van der Waals surface area contributed by atoms with Crippen LogP contribution in [0.4, 0.5) is 0 Å². The molecule has 2 N–H and O–H groups in total. The lowest BCUT2D eigenvalue weighted by molar-refractivity contribution is -0.124. The van der Waals surface area contributed by atoms with E-state index in [1.165, 1.54) is 0 Å². The Hall–Kier alpha value is -0.480. The van der Waals surface area contributed by atoms with Crippen molar-refractivity contribution in [1.29, 1.82) is 0 Å². The fourth-order valence-corrected chi connectivity index (χ4v) is 3.13. The number of rotatable bonds is 4. The SMILES string of the molecule is CC(CNC(=O)C1CCNC1)c1c(Cl)cccc1Cl.Cl. The smallest absolute Gasteiger partial charge is 0.224 e. The number of halogens is 3. The van der Waals surface area contributed by atoms with Gasteiger partial charge in [-0.05, 0) is 30.7 Å². The van der Waals surface area contributed by atoms with Gasteiger partial charge in [0.05, 0.1) is 5.92 Å². The lowest BCUT2D eigenvalue weighted by atomic mass is 10.0. The number of benzene rings is 1. The van der Waals surface area contributed by atoms with Gasteiger partial charge in [-0.1, -0.05) is 36.2 Å². The van der Waals surface area contributed by atoms with Crippen molar-refractivity contribution in [2.24, 2.45) is 5.92 Å². The highest BCUT2D eigenvalue weighted by molar-refractivity contribution is 6.36. The zero-order valence-electron chi connectivity index (χ0n) is 11.3. The highest BCUT2D eigenvalue weighted by atomic mass is 35.5. The highest BCUT2D eigenvalue weighted by Crippen LogP contribution is 2.30. The van der Waals surface area contributed by atoms with Crippen molar-refractivity contribution in [3.05, 3.63) is 33.8 Å². The molecule has 0 aromatic heterocycles. The summed E-state index contributed by atoms with van der Waals surface area (Å²) < 4.78 is 0. The molecule has 1 aromatic carbocycles. The number of carbonyl (C=O) groups excluding carboxylic acids is 1. The largest absolute Gasteiger partial charge is 0.355 e. The normalized spacial score (nSPS) is 19.2. The third kappa shape index (κ3) is 4.26. The molecule has 20 heavy (non-hydrogen) atoms. The molecule has 6 heteroatoms. The number of hydrogen-bond acceptors (Lipinski definition) is 2. The van der Waals surface area contributed by atoms with Gasteiger partial charge in [-0.25, -0.2) is 0 Å². The summed E-state index contributed by atoms with van der Waals surface area (Å²) in [7, 11) is 0. The molecule has 2 rings (SSSR count). The van der Waals surface area contributed by atoms with E-state index in [0.29, 0.717) is 16.6 Å². The molecule has 1 aliphatic rings. The van der Waals surface area contributed by atoms with E-state index in [4.69, 9.17) is 23.2 Å². The Labute approximate surface area is 135 Å². The summed E-state index contributed by atoms with van der Waals surface area (Å²) in [6, 6.07) is 5.47. The van der Waals surface area contributed by atoms with Gasteiger partial charge < -0.3 is 10.6 Å². The second kappa shape index (κ2) is 8.08. The molecule has 1 saturated heterocycles. The Morgan fingerprint density at radius 1 is 1.45 bits per heavy atom. The van der Waals surface area contributed by atoms with Crippen molar-refractivity contribution in [3.63, 3.8) is 0 Å². The van der Waals surface area contributed by atoms with Crippen LogP contribution in [0.5, 0.6) is 0 Å². The second-order valence-corrected chi connectivity index (χ2v) is 5.79. The molecule has 1 aromatic rings. The lowest BCUT2D eigenvalue weighted by Gasteiger charge is -2.17. The average molecular weight is 338 g/mol. The van der Waals surface area contributed by atoms with Crippen molar-refractivity contribution < 1.29 is 4.79 Å². The van der Waals surface area contributed by atoms with Gasteiger partial charge >= 0.3 is 0 Å². The maximum Gasteiger partial charge on any atom is 0.224 e. The van der Waals surface area contributed by atoms with Crippen LogP contribution in [-0.2, 0) is 4.79 Å². The van der Waals surface area contributed by atoms with Crippen LogP contribution in [0.1, 0.15) is 24.8 Å². The van der Waals surface area contributed by atoms with Crippen LogP contribution in [-0.4, -0.2) is 25.5 Å². The van der Waals surface area contributed by atoms with Crippen LogP contribution in [0.25, 0.3) is 0 Å². The van der Waals surface area contributed by atoms with Crippen LogP contribution in [0, 0.1) is 5.92 Å². The first-order chi connectivity index (χ1) is 9.09. The van der Waals surface area contributed by atoms with Crippen LogP contribution < -0.4 is 10.6 Å². The molecule has 0 aliphatic carbocycles. The predicted molar refractivity (Wildman–Crippen MR) is 86.1 cm³/mol. The minimum atomic E-state index is 0. The summed E-state index contributed by atoms with van der Waals surface area (Å²) in [4.78, 5) is 11.9. The maximum absolute atomic E-state index is 11.9. The average Bonchev–Trinajstić information content (AvgIpc) is 2.89. The lowest BCUT2D eigenvalue weighted by Crippen LogP contribution is -2.34. The summed E-state index contributed by atoms with van der Waals surface area (Å²) in [6.07, 6.45) is 0.910. The minimum absolute atomic E-state index is 0. The van der Waals surface area contributed by atoms with E-state index < -0.39 is 0 Å². The van der Waals surface area contributed by atoms with Crippen molar-refractivity contribution in [2.75, 3.05) is 19.6 Å². The molecule has 3 nitrogen and oxygen atoms in total. The van der Waals surface area contributed by atoms with E-state index in [-0.39, 0.29) is 30.2 Å². The van der Waals surface area contributed by atoms with Gasteiger partial charge in [0.2, 0.25) is 5.91 Å². The Balaban J connectivity index is 0.00000200. The van der Waals surface area contributed by atoms with Gasteiger partial charge in [-0.2, -0.15) is 0 Å². The topological polar surface area (TPSA) is 41.1 Å². The van der Waals surface area contributed by atoms with E-state index in [1.54, 1.807) is 0 Å². The standard InChI is InChI=1S/C14H18Cl2N2O.ClH/c1-9(13-11(15)3-2-4-12(13)16)7-18-14(19)10-5-6-17-8-10;/h2-4,9-10,17H,5-8H2,1H3,(H,18,19);1H. The molecule has 1 heterocycles. The van der Waals surface area contributed by atoms with Gasteiger partial charge in [0, 0.05) is 29.1 Å². The summed E-state index contributed by atoms with van der Waals surface area (Å²) in [5.41, 5.74) is 0.899. The Morgan fingerprint density at radius 2 is 2.10 bits per heavy atom. The Morgan fingerprint density at radius 3 is 2.65 bits per heavy atom. The molecule has 1 aliphatic heterocycles. The zero-order valence-corrected chi connectivity index (χ0v) is 13.6. The van der Waals surface area contributed by atoms with Crippen molar-refractivity contribution >= 4 is 41.5 Å². The first-order valence-electron chi connectivity index (χ1n) is 6.52. The fraction of sp³-hybridized carbons (Fsp3) is 0.500. The van der Waals surface area contributed by atoms with Crippen molar-refractivity contribution in [2.45, 2.75) is 19.3 Å². The van der Waals surface area contributed by atoms with Crippen LogP contribution in [0.2, 0.25) is 10.0 Å². The summed E-state index contributed by atoms with van der Waals surface area (Å²) in [6.45, 7) is 4.26. The molecular formula is C14H19Cl3N2O. The molecule has 0 bridgehead atoms. The first-order valence-corrected chi connectivity index (χ1v) is 7.27. The molecule has 2 atom stereocenters. The first kappa shape index (κ1) is 17.6. The fourth-order valence-electron chi connectivity index (χ4n) is 2.36. The second-order valence-electron chi connectivity index (χ2n) is 4.97. The van der Waals surface area contributed by atoms with E-state index in [0.717, 1.165) is 25.1 Å². The van der Waals surface area contributed by atoms with E-state index in [1.807, 2.05) is 25.1 Å². The number of carbonyl (C=O) groups is 1.